The molecule has 21 heavy (non-hydrogen) atoms. The van der Waals surface area contributed by atoms with Crippen molar-refractivity contribution in [3.05, 3.63) is 36.1 Å². The molecule has 2 aliphatic rings. The van der Waals surface area contributed by atoms with Crippen LogP contribution in [0.2, 0.25) is 0 Å². The summed E-state index contributed by atoms with van der Waals surface area (Å²) in [5, 5.41) is 0.945. The van der Waals surface area contributed by atoms with E-state index in [1.165, 1.54) is 0 Å². The Morgan fingerprint density at radius 1 is 1.19 bits per heavy atom. The largest absolute Gasteiger partial charge is 0.451 e. The Kier molecular flexibility index (Phi) is 2.97. The SMILES string of the molecule is O=C(c1cc2ccccc2o1)N1CCCC2(C1)OCCO2. The molecule has 0 atom stereocenters. The third kappa shape index (κ3) is 2.22. The molecule has 0 unspecified atom stereocenters. The highest BCUT2D eigenvalue weighted by Gasteiger charge is 2.42. The predicted molar refractivity (Wildman–Crippen MR) is 76.0 cm³/mol. The number of benzene rings is 1. The maximum atomic E-state index is 12.6. The van der Waals surface area contributed by atoms with Gasteiger partial charge >= 0.3 is 0 Å². The predicted octanol–water partition coefficient (Wildman–Crippen LogP) is 2.41. The Morgan fingerprint density at radius 2 is 2.00 bits per heavy atom. The van der Waals surface area contributed by atoms with Gasteiger partial charge in [-0.05, 0) is 18.6 Å². The zero-order valence-corrected chi connectivity index (χ0v) is 11.7. The van der Waals surface area contributed by atoms with E-state index >= 15 is 0 Å². The molecule has 0 bridgehead atoms. The molecule has 1 amide bonds. The molecule has 1 aromatic heterocycles. The lowest BCUT2D eigenvalue weighted by atomic mass is 10.0. The summed E-state index contributed by atoms with van der Waals surface area (Å²) in [6.07, 6.45) is 1.73. The van der Waals surface area contributed by atoms with Crippen molar-refractivity contribution in [1.82, 2.24) is 4.90 Å². The molecule has 1 spiro atoms. The Balaban J connectivity index is 1.58. The Morgan fingerprint density at radius 3 is 2.81 bits per heavy atom. The van der Waals surface area contributed by atoms with Crippen molar-refractivity contribution in [2.45, 2.75) is 18.6 Å². The molecule has 1 aromatic carbocycles. The van der Waals surface area contributed by atoms with Crippen molar-refractivity contribution in [3.63, 3.8) is 0 Å². The molecule has 2 fully saturated rings. The monoisotopic (exact) mass is 287 g/mol. The van der Waals surface area contributed by atoms with Crippen LogP contribution in [-0.4, -0.2) is 42.9 Å². The molecular formula is C16H17NO4. The van der Waals surface area contributed by atoms with Gasteiger partial charge in [0.05, 0.1) is 19.8 Å². The molecule has 5 heteroatoms. The van der Waals surface area contributed by atoms with E-state index in [-0.39, 0.29) is 5.91 Å². The standard InChI is InChI=1S/C16H17NO4/c18-15(14-10-12-4-1-2-5-13(12)21-14)17-7-3-6-16(11-17)19-8-9-20-16/h1-2,4-5,10H,3,6-9,11H2. The van der Waals surface area contributed by atoms with Gasteiger partial charge in [0.1, 0.15) is 5.58 Å². The van der Waals surface area contributed by atoms with Crippen LogP contribution >= 0.6 is 0 Å². The molecule has 3 heterocycles. The second-order valence-electron chi connectivity index (χ2n) is 5.59. The Labute approximate surface area is 122 Å². The highest BCUT2D eigenvalue weighted by atomic mass is 16.7. The van der Waals surface area contributed by atoms with E-state index in [2.05, 4.69) is 0 Å². The van der Waals surface area contributed by atoms with E-state index in [0.29, 0.717) is 32.1 Å². The minimum Gasteiger partial charge on any atom is -0.451 e. The molecule has 0 N–H and O–H groups in total. The lowest BCUT2D eigenvalue weighted by Crippen LogP contribution is -2.50. The number of hydrogen-bond acceptors (Lipinski definition) is 4. The number of carbonyl (C=O) groups is 1. The first-order valence-corrected chi connectivity index (χ1v) is 7.32. The molecule has 110 valence electrons. The van der Waals surface area contributed by atoms with Crippen LogP contribution in [0, 0.1) is 0 Å². The number of hydrogen-bond donors (Lipinski definition) is 0. The van der Waals surface area contributed by atoms with Gasteiger partial charge < -0.3 is 18.8 Å². The maximum absolute atomic E-state index is 12.6. The topological polar surface area (TPSA) is 51.9 Å². The summed E-state index contributed by atoms with van der Waals surface area (Å²) in [6.45, 7) is 2.40. The zero-order valence-electron chi connectivity index (χ0n) is 11.7. The van der Waals surface area contributed by atoms with Gasteiger partial charge in [-0.2, -0.15) is 0 Å². The van der Waals surface area contributed by atoms with Gasteiger partial charge in [-0.25, -0.2) is 0 Å². The number of rotatable bonds is 1. The van der Waals surface area contributed by atoms with Gasteiger partial charge in [-0.15, -0.1) is 0 Å². The van der Waals surface area contributed by atoms with E-state index in [9.17, 15) is 4.79 Å². The summed E-state index contributed by atoms with van der Waals surface area (Å²) in [7, 11) is 0. The van der Waals surface area contributed by atoms with E-state index in [1.54, 1.807) is 11.0 Å². The number of furan rings is 1. The first-order chi connectivity index (χ1) is 10.3. The number of nitrogens with zero attached hydrogens (tertiary/aromatic N) is 1. The van der Waals surface area contributed by atoms with E-state index in [4.69, 9.17) is 13.9 Å². The van der Waals surface area contributed by atoms with E-state index in [0.717, 1.165) is 23.8 Å². The minimum atomic E-state index is -0.597. The third-order valence-corrected chi connectivity index (χ3v) is 4.15. The highest BCUT2D eigenvalue weighted by Crippen LogP contribution is 2.31. The van der Waals surface area contributed by atoms with Crippen molar-refractivity contribution < 1.29 is 18.7 Å². The van der Waals surface area contributed by atoms with E-state index < -0.39 is 5.79 Å². The number of piperidine rings is 1. The fraction of sp³-hybridized carbons (Fsp3) is 0.438. The van der Waals surface area contributed by atoms with Gasteiger partial charge in [0.15, 0.2) is 11.5 Å². The lowest BCUT2D eigenvalue weighted by molar-refractivity contribution is -0.183. The second kappa shape index (κ2) is 4.86. The van der Waals surface area contributed by atoms with Crippen LogP contribution in [-0.2, 0) is 9.47 Å². The van der Waals surface area contributed by atoms with Crippen LogP contribution in [0.15, 0.2) is 34.7 Å². The maximum Gasteiger partial charge on any atom is 0.289 e. The average molecular weight is 287 g/mol. The number of likely N-dealkylation sites (tertiary alicyclic amines) is 1. The normalized spacial score (nSPS) is 21.2. The molecule has 0 aliphatic carbocycles. The molecule has 2 aliphatic heterocycles. The lowest BCUT2D eigenvalue weighted by Gasteiger charge is -2.38. The molecule has 0 radical (unpaired) electrons. The fourth-order valence-electron chi connectivity index (χ4n) is 3.14. The Bertz CT molecular complexity index is 639. The number of fused-ring (bicyclic) bond motifs is 1. The third-order valence-electron chi connectivity index (χ3n) is 4.15. The van der Waals surface area contributed by atoms with Gasteiger partial charge in [0.2, 0.25) is 0 Å². The van der Waals surface area contributed by atoms with Crippen LogP contribution < -0.4 is 0 Å². The van der Waals surface area contributed by atoms with Gasteiger partial charge in [0.25, 0.3) is 5.91 Å². The second-order valence-corrected chi connectivity index (χ2v) is 5.59. The molecule has 5 nitrogen and oxygen atoms in total. The molecule has 2 saturated heterocycles. The first kappa shape index (κ1) is 12.9. The van der Waals surface area contributed by atoms with E-state index in [1.807, 2.05) is 24.3 Å². The molecule has 4 rings (SSSR count). The fourth-order valence-corrected chi connectivity index (χ4v) is 3.14. The number of amides is 1. The van der Waals surface area contributed by atoms with Gasteiger partial charge in [-0.3, -0.25) is 4.79 Å². The van der Waals surface area contributed by atoms with Crippen molar-refractivity contribution in [1.29, 1.82) is 0 Å². The summed E-state index contributed by atoms with van der Waals surface area (Å²) < 4.78 is 17.1. The highest BCUT2D eigenvalue weighted by molar-refractivity contribution is 5.96. The van der Waals surface area contributed by atoms with Crippen molar-refractivity contribution in [3.8, 4) is 0 Å². The number of carbonyl (C=O) groups excluding carboxylic acids is 1. The summed E-state index contributed by atoms with van der Waals surface area (Å²) in [4.78, 5) is 14.4. The van der Waals surface area contributed by atoms with Crippen molar-refractivity contribution >= 4 is 16.9 Å². The summed E-state index contributed by atoms with van der Waals surface area (Å²) in [5.74, 6) is -0.310. The molecule has 2 aromatic rings. The number of ether oxygens (including phenoxy) is 2. The van der Waals surface area contributed by atoms with Crippen LogP contribution in [0.3, 0.4) is 0 Å². The van der Waals surface area contributed by atoms with Crippen LogP contribution in [0.1, 0.15) is 23.4 Å². The molecular weight excluding hydrogens is 270 g/mol. The van der Waals surface area contributed by atoms with Crippen LogP contribution in [0.4, 0.5) is 0 Å². The van der Waals surface area contributed by atoms with Gasteiger partial charge in [0, 0.05) is 18.4 Å². The number of para-hydroxylation sites is 1. The van der Waals surface area contributed by atoms with Crippen LogP contribution in [0.5, 0.6) is 0 Å². The first-order valence-electron chi connectivity index (χ1n) is 7.32. The van der Waals surface area contributed by atoms with Crippen LogP contribution in [0.25, 0.3) is 11.0 Å². The van der Waals surface area contributed by atoms with Crippen molar-refractivity contribution in [2.75, 3.05) is 26.3 Å². The summed E-state index contributed by atoms with van der Waals surface area (Å²) in [5.41, 5.74) is 0.737. The zero-order chi connectivity index (χ0) is 14.3. The minimum absolute atomic E-state index is 0.0932. The smallest absolute Gasteiger partial charge is 0.289 e. The average Bonchev–Trinajstić information content (AvgIpc) is 3.13. The summed E-state index contributed by atoms with van der Waals surface area (Å²) >= 11 is 0. The molecule has 0 saturated carbocycles. The summed E-state index contributed by atoms with van der Waals surface area (Å²) in [6, 6.07) is 9.44. The van der Waals surface area contributed by atoms with Crippen molar-refractivity contribution in [2.24, 2.45) is 0 Å². The Hall–Kier alpha value is -1.85. The quantitative estimate of drug-likeness (QED) is 0.808. The van der Waals surface area contributed by atoms with Gasteiger partial charge in [-0.1, -0.05) is 18.2 Å².